The fourth-order valence-electron chi connectivity index (χ4n) is 1.29. The summed E-state index contributed by atoms with van der Waals surface area (Å²) in [5.41, 5.74) is 4.75. The number of halogens is 2. The first-order chi connectivity index (χ1) is 9.27. The van der Waals surface area contributed by atoms with Crippen LogP contribution in [0, 0.1) is 0 Å². The molecule has 1 aromatic rings. The van der Waals surface area contributed by atoms with E-state index in [2.05, 4.69) is 5.73 Å². The molecule has 0 bridgehead atoms. The van der Waals surface area contributed by atoms with Crippen molar-refractivity contribution < 1.29 is 24.5 Å². The van der Waals surface area contributed by atoms with Crippen molar-refractivity contribution in [2.45, 2.75) is 12.8 Å². The predicted octanol–water partition coefficient (Wildman–Crippen LogP) is 2.26. The summed E-state index contributed by atoms with van der Waals surface area (Å²) in [6.45, 7) is 1.28. The van der Waals surface area contributed by atoms with Gasteiger partial charge in [-0.3, -0.25) is 4.79 Å². The topological polar surface area (TPSA) is 110 Å². The van der Waals surface area contributed by atoms with Crippen LogP contribution < -0.4 is 5.73 Å². The van der Waals surface area contributed by atoms with Gasteiger partial charge in [0.25, 0.3) is 0 Å². The van der Waals surface area contributed by atoms with Crippen molar-refractivity contribution in [1.29, 1.82) is 0 Å². The zero-order chi connectivity index (χ0) is 15.7. The average Bonchev–Trinajstić information content (AvgIpc) is 2.31. The van der Waals surface area contributed by atoms with Gasteiger partial charge in [0.2, 0.25) is 0 Å². The molecule has 6 nitrogen and oxygen atoms in total. The first-order valence-corrected chi connectivity index (χ1v) is 6.21. The lowest BCUT2D eigenvalue weighted by Crippen LogP contribution is -2.14. The van der Waals surface area contributed by atoms with Gasteiger partial charge in [0.15, 0.2) is 0 Å². The maximum atomic E-state index is 10.7. The number of carbonyl (C=O) groups is 2. The molecule has 1 aromatic carbocycles. The summed E-state index contributed by atoms with van der Waals surface area (Å²) in [6, 6.07) is 4.99. The van der Waals surface area contributed by atoms with Gasteiger partial charge < -0.3 is 20.7 Å². The highest BCUT2D eigenvalue weighted by Crippen LogP contribution is 2.27. The number of aliphatic hydroxyl groups excluding tert-OH is 1. The number of amides is 1. The number of carbonyl (C=O) groups excluding carboxylic acids is 1. The monoisotopic (exact) mass is 323 g/mol. The molecule has 0 saturated heterocycles. The minimum absolute atomic E-state index is 0.104. The molecule has 0 aliphatic heterocycles. The SMILES string of the molecule is CC(=O)OC[C@H](CO)c1ccc(Cl)cc1Cl.NC(=O)O. The van der Waals surface area contributed by atoms with Crippen LogP contribution in [0.15, 0.2) is 18.2 Å². The zero-order valence-corrected chi connectivity index (χ0v) is 12.2. The Kier molecular flexibility index (Phi) is 8.71. The number of ether oxygens (including phenoxy) is 1. The van der Waals surface area contributed by atoms with Crippen LogP contribution >= 0.6 is 23.2 Å². The van der Waals surface area contributed by atoms with Gasteiger partial charge in [0.05, 0.1) is 6.61 Å². The standard InChI is InChI=1S/C11H12Cl2O3.CH3NO2/c1-7(15)16-6-8(5-14)10-3-2-9(12)4-11(10)13;2-1(3)4/h2-4,8,14H,5-6H2,1H3;2H2,(H,3,4)/t8-;/m0./s1. The zero-order valence-electron chi connectivity index (χ0n) is 10.7. The molecule has 0 fully saturated rings. The molecule has 0 aliphatic carbocycles. The largest absolute Gasteiger partial charge is 0.465 e. The summed E-state index contributed by atoms with van der Waals surface area (Å²) >= 11 is 11.7. The smallest absolute Gasteiger partial charge is 0.402 e. The summed E-state index contributed by atoms with van der Waals surface area (Å²) < 4.78 is 4.84. The fraction of sp³-hybridized carbons (Fsp3) is 0.333. The Morgan fingerprint density at radius 2 is 1.95 bits per heavy atom. The van der Waals surface area contributed by atoms with E-state index in [1.807, 2.05) is 0 Å². The summed E-state index contributed by atoms with van der Waals surface area (Å²) in [7, 11) is 0. The van der Waals surface area contributed by atoms with Crippen molar-refractivity contribution in [1.82, 2.24) is 0 Å². The highest BCUT2D eigenvalue weighted by molar-refractivity contribution is 6.35. The van der Waals surface area contributed by atoms with Gasteiger partial charge in [-0.25, -0.2) is 4.79 Å². The maximum Gasteiger partial charge on any atom is 0.402 e. The van der Waals surface area contributed by atoms with Crippen LogP contribution in [0.1, 0.15) is 18.4 Å². The number of rotatable bonds is 4. The Morgan fingerprint density at radius 3 is 2.35 bits per heavy atom. The molecule has 20 heavy (non-hydrogen) atoms. The Hall–Kier alpha value is -1.50. The third-order valence-corrected chi connectivity index (χ3v) is 2.67. The minimum Gasteiger partial charge on any atom is -0.465 e. The number of aliphatic hydroxyl groups is 1. The van der Waals surface area contributed by atoms with Crippen LogP contribution in [0.25, 0.3) is 0 Å². The van der Waals surface area contributed by atoms with E-state index in [1.54, 1.807) is 18.2 Å². The molecule has 0 spiro atoms. The second-order valence-corrected chi connectivity index (χ2v) is 4.53. The van der Waals surface area contributed by atoms with Gasteiger partial charge in [-0.2, -0.15) is 0 Å². The Labute approximate surface area is 126 Å². The molecule has 112 valence electrons. The van der Waals surface area contributed by atoms with E-state index in [1.165, 1.54) is 6.92 Å². The lowest BCUT2D eigenvalue weighted by molar-refractivity contribution is -0.141. The normalized spacial score (nSPS) is 11.0. The van der Waals surface area contributed by atoms with Crippen LogP contribution in [0.2, 0.25) is 10.0 Å². The number of hydrogen-bond acceptors (Lipinski definition) is 4. The van der Waals surface area contributed by atoms with E-state index in [0.29, 0.717) is 10.0 Å². The average molecular weight is 324 g/mol. The van der Waals surface area contributed by atoms with Crippen molar-refractivity contribution in [3.05, 3.63) is 33.8 Å². The summed E-state index contributed by atoms with van der Waals surface area (Å²) in [4.78, 5) is 19.5. The first-order valence-electron chi connectivity index (χ1n) is 5.45. The molecule has 0 saturated carbocycles. The van der Waals surface area contributed by atoms with Crippen molar-refractivity contribution in [2.24, 2.45) is 5.73 Å². The lowest BCUT2D eigenvalue weighted by Gasteiger charge is -2.15. The first kappa shape index (κ1) is 18.5. The molecule has 0 radical (unpaired) electrons. The van der Waals surface area contributed by atoms with Gasteiger partial charge >= 0.3 is 12.1 Å². The number of hydrogen-bond donors (Lipinski definition) is 3. The van der Waals surface area contributed by atoms with Gasteiger partial charge in [-0.15, -0.1) is 0 Å². The second-order valence-electron chi connectivity index (χ2n) is 3.69. The molecule has 8 heteroatoms. The molecule has 0 aliphatic rings. The van der Waals surface area contributed by atoms with E-state index < -0.39 is 6.09 Å². The molecule has 4 N–H and O–H groups in total. The van der Waals surface area contributed by atoms with Crippen LogP contribution in [0.4, 0.5) is 4.79 Å². The molecule has 1 atom stereocenters. The van der Waals surface area contributed by atoms with Gasteiger partial charge in [0.1, 0.15) is 6.61 Å². The van der Waals surface area contributed by atoms with Gasteiger partial charge in [-0.1, -0.05) is 29.3 Å². The van der Waals surface area contributed by atoms with E-state index in [0.717, 1.165) is 5.56 Å². The fourth-order valence-corrected chi connectivity index (χ4v) is 1.85. The summed E-state index contributed by atoms with van der Waals surface area (Å²) in [5, 5.41) is 17.4. The number of benzene rings is 1. The predicted molar refractivity (Wildman–Crippen MR) is 75.1 cm³/mol. The summed E-state index contributed by atoms with van der Waals surface area (Å²) in [6.07, 6.45) is -1.33. The third-order valence-electron chi connectivity index (χ3n) is 2.11. The van der Waals surface area contributed by atoms with Crippen LogP contribution in [-0.2, 0) is 9.53 Å². The highest BCUT2D eigenvalue weighted by atomic mass is 35.5. The number of nitrogens with two attached hydrogens (primary N) is 1. The van der Waals surface area contributed by atoms with E-state index in [4.69, 9.17) is 37.8 Å². The Bertz CT molecular complexity index is 463. The number of primary amides is 1. The van der Waals surface area contributed by atoms with E-state index >= 15 is 0 Å². The minimum atomic E-state index is -1.33. The van der Waals surface area contributed by atoms with E-state index in [9.17, 15) is 9.90 Å². The Balaban J connectivity index is 0.000000796. The lowest BCUT2D eigenvalue weighted by atomic mass is 10.0. The quantitative estimate of drug-likeness (QED) is 0.736. The molecular formula is C12H15Cl2NO5. The van der Waals surface area contributed by atoms with Gasteiger partial charge in [-0.05, 0) is 17.7 Å². The van der Waals surface area contributed by atoms with E-state index in [-0.39, 0.29) is 25.1 Å². The molecule has 1 rings (SSSR count). The second kappa shape index (κ2) is 9.41. The van der Waals surface area contributed by atoms with Crippen LogP contribution in [-0.4, -0.2) is 35.5 Å². The maximum absolute atomic E-state index is 10.7. The number of esters is 1. The molecule has 0 heterocycles. The summed E-state index contributed by atoms with van der Waals surface area (Å²) in [5.74, 6) is -0.711. The highest BCUT2D eigenvalue weighted by Gasteiger charge is 2.15. The van der Waals surface area contributed by atoms with Crippen LogP contribution in [0.5, 0.6) is 0 Å². The Morgan fingerprint density at radius 1 is 1.40 bits per heavy atom. The third kappa shape index (κ3) is 7.83. The number of carboxylic acid groups (broad SMARTS) is 1. The van der Waals surface area contributed by atoms with Crippen molar-refractivity contribution in [3.63, 3.8) is 0 Å². The van der Waals surface area contributed by atoms with Gasteiger partial charge in [0, 0.05) is 22.9 Å². The molecule has 0 aromatic heterocycles. The molecule has 0 unspecified atom stereocenters. The van der Waals surface area contributed by atoms with Crippen molar-refractivity contribution in [3.8, 4) is 0 Å². The van der Waals surface area contributed by atoms with Crippen molar-refractivity contribution in [2.75, 3.05) is 13.2 Å². The molecule has 1 amide bonds. The van der Waals surface area contributed by atoms with Crippen molar-refractivity contribution >= 4 is 35.3 Å². The molecular weight excluding hydrogens is 309 g/mol. The van der Waals surface area contributed by atoms with Crippen LogP contribution in [0.3, 0.4) is 0 Å².